The third-order valence-electron chi connectivity index (χ3n) is 8.40. The summed E-state index contributed by atoms with van der Waals surface area (Å²) in [6, 6.07) is 0. The van der Waals surface area contributed by atoms with Crippen LogP contribution in [0.1, 0.15) is 220 Å². The van der Waals surface area contributed by atoms with E-state index in [1.807, 2.05) is 0 Å². The van der Waals surface area contributed by atoms with E-state index in [9.17, 15) is 0 Å². The second kappa shape index (κ2) is 32.0. The van der Waals surface area contributed by atoms with Crippen molar-refractivity contribution in [2.75, 3.05) is 0 Å². The van der Waals surface area contributed by atoms with Gasteiger partial charge in [-0.1, -0.05) is 220 Å². The second-order valence-electron chi connectivity index (χ2n) is 12.1. The molecule has 0 spiro atoms. The van der Waals surface area contributed by atoms with Crippen LogP contribution in [-0.2, 0) is 0 Å². The molecule has 0 heteroatoms. The summed E-state index contributed by atoms with van der Waals surface area (Å²) in [4.78, 5) is 0. The Bertz CT molecular complexity index is 346. The van der Waals surface area contributed by atoms with Gasteiger partial charge in [0.15, 0.2) is 0 Å². The normalized spacial score (nSPS) is 12.4. The Morgan fingerprint density at radius 1 is 0.229 bits per heavy atom. The number of unbranched alkanes of at least 4 members (excludes halogenated alkanes) is 25. The lowest BCUT2D eigenvalue weighted by molar-refractivity contribution is 0.366. The van der Waals surface area contributed by atoms with Crippen LogP contribution >= 0.6 is 0 Å². The maximum Gasteiger partial charge on any atom is -0.0414 e. The molecule has 0 saturated heterocycles. The van der Waals surface area contributed by atoms with Crippen LogP contribution in [0.15, 0.2) is 0 Å². The monoisotopic (exact) mass is 493 g/mol. The summed E-state index contributed by atoms with van der Waals surface area (Å²) in [5, 5.41) is 0. The molecule has 1 atom stereocenters. The lowest BCUT2D eigenvalue weighted by Crippen LogP contribution is -2.01. The van der Waals surface area contributed by atoms with Gasteiger partial charge in [0, 0.05) is 0 Å². The molecule has 212 valence electrons. The maximum atomic E-state index is 2.34. The third-order valence-corrected chi connectivity index (χ3v) is 8.40. The minimum atomic E-state index is 1.04. The number of rotatable bonds is 31. The molecular weight excluding hydrogens is 420 g/mol. The first-order valence-electron chi connectivity index (χ1n) is 17.3. The molecule has 0 aromatic rings. The molecule has 0 aliphatic rings. The first-order chi connectivity index (χ1) is 17.3. The van der Waals surface area contributed by atoms with Gasteiger partial charge in [0.2, 0.25) is 0 Å². The first-order valence-corrected chi connectivity index (χ1v) is 17.3. The van der Waals surface area contributed by atoms with Gasteiger partial charge < -0.3 is 0 Å². The molecule has 0 N–H and O–H groups in total. The quantitative estimate of drug-likeness (QED) is 0.0844. The summed E-state index contributed by atoms with van der Waals surface area (Å²) in [5.41, 5.74) is 0. The number of hydrogen-bond donors (Lipinski definition) is 0. The largest absolute Gasteiger partial charge is 0.0654 e. The molecular formula is C35H72. The molecule has 1 unspecified atom stereocenters. The van der Waals surface area contributed by atoms with Crippen LogP contribution in [0.25, 0.3) is 0 Å². The summed E-state index contributed by atoms with van der Waals surface area (Å²) in [7, 11) is 0. The van der Waals surface area contributed by atoms with E-state index in [0.717, 1.165) is 5.92 Å². The molecule has 0 saturated carbocycles. The topological polar surface area (TPSA) is 0 Å². The molecule has 0 aliphatic carbocycles. The summed E-state index contributed by atoms with van der Waals surface area (Å²) >= 11 is 0. The van der Waals surface area contributed by atoms with Crippen LogP contribution in [0, 0.1) is 5.92 Å². The smallest absolute Gasteiger partial charge is 0.0414 e. The van der Waals surface area contributed by atoms with Crippen molar-refractivity contribution in [3.8, 4) is 0 Å². The van der Waals surface area contributed by atoms with Gasteiger partial charge >= 0.3 is 0 Å². The minimum absolute atomic E-state index is 1.04. The van der Waals surface area contributed by atoms with E-state index < -0.39 is 0 Å². The molecule has 35 heavy (non-hydrogen) atoms. The van der Waals surface area contributed by atoms with Gasteiger partial charge in [0.1, 0.15) is 0 Å². The molecule has 0 nitrogen and oxygen atoms in total. The minimum Gasteiger partial charge on any atom is -0.0654 e. The standard InChI is InChI=1S/C35H72/c1-4-7-10-13-14-15-16-17-18-19-20-21-22-23-24-25-26-28-31-34-35(32-29-12-9-6-3)33-30-27-11-8-5-2/h35H,4-34H2,1-3H3. The van der Waals surface area contributed by atoms with Gasteiger partial charge in [-0.2, -0.15) is 0 Å². The van der Waals surface area contributed by atoms with Gasteiger partial charge in [0.25, 0.3) is 0 Å². The van der Waals surface area contributed by atoms with E-state index >= 15 is 0 Å². The molecule has 0 rings (SSSR count). The van der Waals surface area contributed by atoms with E-state index in [-0.39, 0.29) is 0 Å². The maximum absolute atomic E-state index is 2.34. The van der Waals surface area contributed by atoms with Crippen LogP contribution in [0.4, 0.5) is 0 Å². The predicted octanol–water partition coefficient (Wildman–Crippen LogP) is 13.8. The Kier molecular flexibility index (Phi) is 32.0. The van der Waals surface area contributed by atoms with E-state index in [1.54, 1.807) is 0 Å². The second-order valence-corrected chi connectivity index (χ2v) is 12.1. The highest BCUT2D eigenvalue weighted by atomic mass is 14.1. The highest BCUT2D eigenvalue weighted by Gasteiger charge is 2.08. The molecule has 0 bridgehead atoms. The number of hydrogen-bond acceptors (Lipinski definition) is 0. The van der Waals surface area contributed by atoms with Gasteiger partial charge in [-0.15, -0.1) is 0 Å². The Morgan fingerprint density at radius 2 is 0.400 bits per heavy atom. The zero-order valence-corrected chi connectivity index (χ0v) is 25.5. The highest BCUT2D eigenvalue weighted by Crippen LogP contribution is 2.24. The zero-order valence-electron chi connectivity index (χ0n) is 25.5. The predicted molar refractivity (Wildman–Crippen MR) is 164 cm³/mol. The fraction of sp³-hybridized carbons (Fsp3) is 1.00. The lowest BCUT2D eigenvalue weighted by atomic mass is 9.89. The molecule has 0 heterocycles. The molecule has 0 aliphatic heterocycles. The van der Waals surface area contributed by atoms with Crippen LogP contribution in [-0.4, -0.2) is 0 Å². The average Bonchev–Trinajstić information content (AvgIpc) is 2.87. The summed E-state index contributed by atoms with van der Waals surface area (Å²) < 4.78 is 0. The fourth-order valence-electron chi connectivity index (χ4n) is 5.84. The fourth-order valence-corrected chi connectivity index (χ4v) is 5.84. The van der Waals surface area contributed by atoms with Crippen LogP contribution in [0.5, 0.6) is 0 Å². The van der Waals surface area contributed by atoms with Gasteiger partial charge in [-0.3, -0.25) is 0 Å². The SMILES string of the molecule is CCCCCCCCCCCCCCCCCCCCCC(CCCCCC)CCCCCCC. The van der Waals surface area contributed by atoms with E-state index in [0.29, 0.717) is 0 Å². The van der Waals surface area contributed by atoms with Gasteiger partial charge in [0.05, 0.1) is 0 Å². The van der Waals surface area contributed by atoms with E-state index in [4.69, 9.17) is 0 Å². The zero-order chi connectivity index (χ0) is 25.5. The van der Waals surface area contributed by atoms with E-state index in [2.05, 4.69) is 20.8 Å². The van der Waals surface area contributed by atoms with Crippen molar-refractivity contribution in [2.24, 2.45) is 5.92 Å². The Labute approximate surface area is 225 Å². The van der Waals surface area contributed by atoms with Crippen LogP contribution in [0.2, 0.25) is 0 Å². The van der Waals surface area contributed by atoms with Crippen molar-refractivity contribution in [3.63, 3.8) is 0 Å². The summed E-state index contributed by atoms with van der Waals surface area (Å²) in [6.45, 7) is 6.98. The Balaban J connectivity index is 3.44. The summed E-state index contributed by atoms with van der Waals surface area (Å²) in [6.07, 6.45) is 45.8. The van der Waals surface area contributed by atoms with Crippen molar-refractivity contribution >= 4 is 0 Å². The molecule has 0 radical (unpaired) electrons. The van der Waals surface area contributed by atoms with Gasteiger partial charge in [-0.05, 0) is 5.92 Å². The molecule has 0 aromatic carbocycles. The van der Waals surface area contributed by atoms with Crippen molar-refractivity contribution < 1.29 is 0 Å². The van der Waals surface area contributed by atoms with Gasteiger partial charge in [-0.25, -0.2) is 0 Å². The first kappa shape index (κ1) is 35.0. The van der Waals surface area contributed by atoms with Crippen LogP contribution in [0.3, 0.4) is 0 Å². The lowest BCUT2D eigenvalue weighted by Gasteiger charge is -2.17. The highest BCUT2D eigenvalue weighted by molar-refractivity contribution is 4.62. The molecule has 0 amide bonds. The van der Waals surface area contributed by atoms with Crippen molar-refractivity contribution in [1.82, 2.24) is 0 Å². The van der Waals surface area contributed by atoms with Crippen molar-refractivity contribution in [3.05, 3.63) is 0 Å². The molecule has 0 aromatic heterocycles. The van der Waals surface area contributed by atoms with Crippen molar-refractivity contribution in [2.45, 2.75) is 220 Å². The third kappa shape index (κ3) is 30.1. The Morgan fingerprint density at radius 3 is 0.629 bits per heavy atom. The Hall–Kier alpha value is 0. The molecule has 0 fully saturated rings. The van der Waals surface area contributed by atoms with Crippen LogP contribution < -0.4 is 0 Å². The van der Waals surface area contributed by atoms with E-state index in [1.165, 1.54) is 199 Å². The summed E-state index contributed by atoms with van der Waals surface area (Å²) in [5.74, 6) is 1.04. The van der Waals surface area contributed by atoms with Crippen molar-refractivity contribution in [1.29, 1.82) is 0 Å². The average molecular weight is 493 g/mol.